The molecule has 130 valence electrons. The summed E-state index contributed by atoms with van der Waals surface area (Å²) in [4.78, 5) is 28.1. The maximum absolute atomic E-state index is 12.0. The van der Waals surface area contributed by atoms with Gasteiger partial charge in [0.05, 0.1) is 12.6 Å². The summed E-state index contributed by atoms with van der Waals surface area (Å²) in [6.45, 7) is 4.28. The van der Waals surface area contributed by atoms with Crippen LogP contribution in [0.2, 0.25) is 0 Å². The van der Waals surface area contributed by atoms with Crippen molar-refractivity contribution in [3.05, 3.63) is 0 Å². The monoisotopic (exact) mass is 323 g/mol. The van der Waals surface area contributed by atoms with E-state index in [9.17, 15) is 14.7 Å². The molecule has 1 atom stereocenters. The quantitative estimate of drug-likeness (QED) is 0.758. The summed E-state index contributed by atoms with van der Waals surface area (Å²) in [5, 5.41) is 12.7. The number of piperidine rings is 2. The summed E-state index contributed by atoms with van der Waals surface area (Å²) in [6.07, 6.45) is 5.63. The molecule has 2 saturated heterocycles. The van der Waals surface area contributed by atoms with Crippen LogP contribution >= 0.6 is 0 Å². The second-order valence-electron chi connectivity index (χ2n) is 7.38. The summed E-state index contributed by atoms with van der Waals surface area (Å²) in [7, 11) is 0. The van der Waals surface area contributed by atoms with Crippen LogP contribution in [0.5, 0.6) is 0 Å². The maximum atomic E-state index is 12.0. The molecule has 23 heavy (non-hydrogen) atoms. The third kappa shape index (κ3) is 4.91. The molecule has 0 spiro atoms. The highest BCUT2D eigenvalue weighted by Crippen LogP contribution is 2.32. The third-order valence-electron chi connectivity index (χ3n) is 5.29. The van der Waals surface area contributed by atoms with Gasteiger partial charge in [-0.3, -0.25) is 14.5 Å². The maximum Gasteiger partial charge on any atom is 0.234 e. The van der Waals surface area contributed by atoms with Crippen molar-refractivity contribution in [1.82, 2.24) is 15.1 Å². The van der Waals surface area contributed by atoms with E-state index in [2.05, 4.69) is 5.32 Å². The molecule has 2 aliphatic heterocycles. The molecule has 1 saturated carbocycles. The molecular formula is C17H29N3O3. The predicted molar refractivity (Wildman–Crippen MR) is 86.7 cm³/mol. The van der Waals surface area contributed by atoms with Crippen LogP contribution in [-0.2, 0) is 9.59 Å². The normalized spacial score (nSPS) is 27.0. The fourth-order valence-electron chi connectivity index (χ4n) is 3.64. The van der Waals surface area contributed by atoms with E-state index in [4.69, 9.17) is 0 Å². The van der Waals surface area contributed by atoms with Gasteiger partial charge in [0, 0.05) is 32.1 Å². The number of aliphatic hydroxyl groups is 1. The molecule has 1 aliphatic carbocycles. The molecule has 0 bridgehead atoms. The molecular weight excluding hydrogens is 294 g/mol. The number of hydrogen-bond donors (Lipinski definition) is 2. The number of carbonyl (C=O) groups is 2. The van der Waals surface area contributed by atoms with E-state index < -0.39 is 0 Å². The molecule has 0 radical (unpaired) electrons. The van der Waals surface area contributed by atoms with Crippen molar-refractivity contribution in [2.24, 2.45) is 11.8 Å². The summed E-state index contributed by atoms with van der Waals surface area (Å²) in [6, 6.07) is 0. The van der Waals surface area contributed by atoms with Crippen molar-refractivity contribution < 1.29 is 14.7 Å². The van der Waals surface area contributed by atoms with Crippen LogP contribution in [0.15, 0.2) is 0 Å². The van der Waals surface area contributed by atoms with Gasteiger partial charge in [-0.15, -0.1) is 0 Å². The first-order valence-corrected chi connectivity index (χ1v) is 9.07. The van der Waals surface area contributed by atoms with Gasteiger partial charge < -0.3 is 15.3 Å². The van der Waals surface area contributed by atoms with E-state index >= 15 is 0 Å². The van der Waals surface area contributed by atoms with E-state index in [-0.39, 0.29) is 12.0 Å². The van der Waals surface area contributed by atoms with Gasteiger partial charge in [0.1, 0.15) is 0 Å². The molecule has 0 aromatic heterocycles. The van der Waals surface area contributed by atoms with Crippen LogP contribution in [0.4, 0.5) is 0 Å². The molecule has 6 nitrogen and oxygen atoms in total. The second-order valence-corrected chi connectivity index (χ2v) is 7.38. The summed E-state index contributed by atoms with van der Waals surface area (Å²) >= 11 is 0. The molecule has 2 N–H and O–H groups in total. The number of hydrogen-bond acceptors (Lipinski definition) is 4. The Morgan fingerprint density at radius 1 is 1.04 bits per heavy atom. The third-order valence-corrected chi connectivity index (χ3v) is 5.29. The molecule has 3 rings (SSSR count). The van der Waals surface area contributed by atoms with E-state index in [1.807, 2.05) is 9.80 Å². The van der Waals surface area contributed by atoms with Crippen LogP contribution in [0, 0.1) is 11.8 Å². The Hall–Kier alpha value is -1.14. The van der Waals surface area contributed by atoms with Gasteiger partial charge in [0.15, 0.2) is 0 Å². The summed E-state index contributed by atoms with van der Waals surface area (Å²) < 4.78 is 0. The standard InChI is InChI=1S/C17H29N3O3/c21-15-2-1-7-19(11-15)12-16(22)18-10-13-5-8-20(9-6-13)17(23)14-3-4-14/h13-15,21H,1-12H2,(H,18,22)/t15-/m0/s1. The highest BCUT2D eigenvalue weighted by molar-refractivity contribution is 5.81. The number of amides is 2. The first-order valence-electron chi connectivity index (χ1n) is 9.07. The second kappa shape index (κ2) is 7.62. The van der Waals surface area contributed by atoms with Crippen LogP contribution in [0.3, 0.4) is 0 Å². The Morgan fingerprint density at radius 3 is 2.43 bits per heavy atom. The van der Waals surface area contributed by atoms with Gasteiger partial charge in [0.2, 0.25) is 11.8 Å². The molecule has 2 heterocycles. The minimum atomic E-state index is -0.287. The van der Waals surface area contributed by atoms with Gasteiger partial charge in [0.25, 0.3) is 0 Å². The zero-order valence-corrected chi connectivity index (χ0v) is 13.9. The van der Waals surface area contributed by atoms with Crippen molar-refractivity contribution in [1.29, 1.82) is 0 Å². The fraction of sp³-hybridized carbons (Fsp3) is 0.882. The fourth-order valence-corrected chi connectivity index (χ4v) is 3.64. The Balaban J connectivity index is 1.31. The Kier molecular flexibility index (Phi) is 5.54. The van der Waals surface area contributed by atoms with E-state index in [0.29, 0.717) is 37.4 Å². The lowest BCUT2D eigenvalue weighted by Gasteiger charge is -2.33. The van der Waals surface area contributed by atoms with Gasteiger partial charge in [-0.05, 0) is 51.0 Å². The predicted octanol–water partition coefficient (Wildman–Crippen LogP) is 0.208. The molecule has 0 unspecified atom stereocenters. The summed E-state index contributed by atoms with van der Waals surface area (Å²) in [5.74, 6) is 1.19. The molecule has 2 amide bonds. The van der Waals surface area contributed by atoms with Gasteiger partial charge >= 0.3 is 0 Å². The Bertz CT molecular complexity index is 431. The van der Waals surface area contributed by atoms with Crippen molar-refractivity contribution >= 4 is 11.8 Å². The smallest absolute Gasteiger partial charge is 0.234 e. The molecule has 3 fully saturated rings. The zero-order valence-electron chi connectivity index (χ0n) is 13.9. The van der Waals surface area contributed by atoms with E-state index in [1.165, 1.54) is 0 Å². The van der Waals surface area contributed by atoms with E-state index in [0.717, 1.165) is 58.2 Å². The number of β-amino-alcohol motifs (C(OH)–C–C–N with tert-alkyl or cyclic N) is 1. The largest absolute Gasteiger partial charge is 0.392 e. The molecule has 3 aliphatic rings. The number of rotatable bonds is 5. The average Bonchev–Trinajstić information content (AvgIpc) is 3.38. The first-order chi connectivity index (χ1) is 11.1. The molecule has 0 aromatic rings. The van der Waals surface area contributed by atoms with Crippen LogP contribution in [0.1, 0.15) is 38.5 Å². The zero-order chi connectivity index (χ0) is 16.2. The van der Waals surface area contributed by atoms with Crippen molar-refractivity contribution in [2.75, 3.05) is 39.3 Å². The number of carbonyl (C=O) groups excluding carboxylic acids is 2. The average molecular weight is 323 g/mol. The number of nitrogens with zero attached hydrogens (tertiary/aromatic N) is 2. The Labute approximate surface area is 138 Å². The number of nitrogens with one attached hydrogen (secondary N) is 1. The van der Waals surface area contributed by atoms with Crippen molar-refractivity contribution in [2.45, 2.75) is 44.6 Å². The molecule has 6 heteroatoms. The lowest BCUT2D eigenvalue weighted by atomic mass is 9.96. The highest BCUT2D eigenvalue weighted by Gasteiger charge is 2.34. The van der Waals surface area contributed by atoms with Crippen molar-refractivity contribution in [3.63, 3.8) is 0 Å². The minimum absolute atomic E-state index is 0.0515. The Morgan fingerprint density at radius 2 is 1.78 bits per heavy atom. The number of aliphatic hydroxyl groups excluding tert-OH is 1. The van der Waals surface area contributed by atoms with Crippen molar-refractivity contribution in [3.8, 4) is 0 Å². The first kappa shape index (κ1) is 16.7. The minimum Gasteiger partial charge on any atom is -0.392 e. The summed E-state index contributed by atoms with van der Waals surface area (Å²) in [5.41, 5.74) is 0. The van der Waals surface area contributed by atoms with Gasteiger partial charge in [-0.25, -0.2) is 0 Å². The topological polar surface area (TPSA) is 72.9 Å². The lowest BCUT2D eigenvalue weighted by Crippen LogP contribution is -2.46. The number of likely N-dealkylation sites (tertiary alicyclic amines) is 2. The highest BCUT2D eigenvalue weighted by atomic mass is 16.3. The van der Waals surface area contributed by atoms with Crippen LogP contribution < -0.4 is 5.32 Å². The van der Waals surface area contributed by atoms with Gasteiger partial charge in [-0.2, -0.15) is 0 Å². The van der Waals surface area contributed by atoms with Crippen LogP contribution in [-0.4, -0.2) is 72.1 Å². The molecule has 0 aromatic carbocycles. The lowest BCUT2D eigenvalue weighted by molar-refractivity contribution is -0.134. The van der Waals surface area contributed by atoms with Gasteiger partial charge in [-0.1, -0.05) is 0 Å². The van der Waals surface area contributed by atoms with Crippen LogP contribution in [0.25, 0.3) is 0 Å². The van der Waals surface area contributed by atoms with E-state index in [1.54, 1.807) is 0 Å². The SMILES string of the molecule is O=C(CN1CCC[C@H](O)C1)NCC1CCN(C(=O)C2CC2)CC1.